The number of fused-ring (bicyclic) bond motifs is 1. The maximum absolute atomic E-state index is 6.31. The summed E-state index contributed by atoms with van der Waals surface area (Å²) in [4.78, 5) is 5.06. The molecule has 4 nitrogen and oxygen atoms in total. The molecule has 138 valence electrons. The SMILES string of the molecule is CCN1CCN(c2ccc(OC)cc2)CC1C1OCCc2ccccc21. The lowest BCUT2D eigenvalue weighted by Crippen LogP contribution is -2.56. The van der Waals surface area contributed by atoms with E-state index in [0.717, 1.165) is 45.0 Å². The van der Waals surface area contributed by atoms with Crippen molar-refractivity contribution in [3.05, 3.63) is 59.7 Å². The second-order valence-electron chi connectivity index (χ2n) is 7.08. The fourth-order valence-corrected chi connectivity index (χ4v) is 4.30. The van der Waals surface area contributed by atoms with Crippen LogP contribution >= 0.6 is 0 Å². The quantitative estimate of drug-likeness (QED) is 0.841. The average Bonchev–Trinajstić information content (AvgIpc) is 2.73. The Morgan fingerprint density at radius 1 is 1.08 bits per heavy atom. The maximum atomic E-state index is 6.31. The zero-order valence-corrected chi connectivity index (χ0v) is 15.7. The van der Waals surface area contributed by atoms with Crippen LogP contribution in [0.1, 0.15) is 24.2 Å². The molecular formula is C22H28N2O2. The molecule has 0 spiro atoms. The molecule has 4 heteroatoms. The van der Waals surface area contributed by atoms with Crippen LogP contribution < -0.4 is 9.64 Å². The molecule has 2 heterocycles. The molecular weight excluding hydrogens is 324 g/mol. The standard InChI is InChI=1S/C22H28N2O2/c1-3-23-13-14-24(18-8-10-19(25-2)11-9-18)16-21(23)22-20-7-5-4-6-17(20)12-15-26-22/h4-11,21-22H,3,12-16H2,1-2H3. The van der Waals surface area contributed by atoms with Gasteiger partial charge in [0.1, 0.15) is 5.75 Å². The Morgan fingerprint density at radius 3 is 2.65 bits per heavy atom. The van der Waals surface area contributed by atoms with Gasteiger partial charge in [0.25, 0.3) is 0 Å². The van der Waals surface area contributed by atoms with Crippen molar-refractivity contribution in [2.24, 2.45) is 0 Å². The predicted octanol–water partition coefficient (Wildman–Crippen LogP) is 3.52. The first-order valence-corrected chi connectivity index (χ1v) is 9.62. The fraction of sp³-hybridized carbons (Fsp3) is 0.455. The van der Waals surface area contributed by atoms with E-state index in [9.17, 15) is 0 Å². The van der Waals surface area contributed by atoms with Crippen LogP contribution in [0.2, 0.25) is 0 Å². The first-order valence-electron chi connectivity index (χ1n) is 9.62. The van der Waals surface area contributed by atoms with Gasteiger partial charge in [-0.1, -0.05) is 31.2 Å². The summed E-state index contributed by atoms with van der Waals surface area (Å²) >= 11 is 0. The number of nitrogens with zero attached hydrogens (tertiary/aromatic N) is 2. The molecule has 0 bridgehead atoms. The highest BCUT2D eigenvalue weighted by molar-refractivity contribution is 5.50. The molecule has 0 radical (unpaired) electrons. The van der Waals surface area contributed by atoms with Gasteiger partial charge in [0.05, 0.1) is 25.9 Å². The van der Waals surface area contributed by atoms with Gasteiger partial charge in [0.15, 0.2) is 0 Å². The van der Waals surface area contributed by atoms with Crippen LogP contribution in [0.15, 0.2) is 48.5 Å². The van der Waals surface area contributed by atoms with Crippen molar-refractivity contribution in [3.8, 4) is 5.75 Å². The fourth-order valence-electron chi connectivity index (χ4n) is 4.30. The second kappa shape index (κ2) is 7.68. The molecule has 2 aliphatic heterocycles. The minimum atomic E-state index is 0.154. The summed E-state index contributed by atoms with van der Waals surface area (Å²) in [6.45, 7) is 7.23. The van der Waals surface area contributed by atoms with Gasteiger partial charge in [-0.05, 0) is 48.4 Å². The number of rotatable bonds is 4. The lowest BCUT2D eigenvalue weighted by molar-refractivity contribution is -0.0265. The molecule has 26 heavy (non-hydrogen) atoms. The molecule has 0 N–H and O–H groups in total. The van der Waals surface area contributed by atoms with E-state index >= 15 is 0 Å². The topological polar surface area (TPSA) is 24.9 Å². The molecule has 2 unspecified atom stereocenters. The third-order valence-corrected chi connectivity index (χ3v) is 5.76. The van der Waals surface area contributed by atoms with Crippen molar-refractivity contribution in [1.29, 1.82) is 0 Å². The van der Waals surface area contributed by atoms with Gasteiger partial charge in [0.2, 0.25) is 0 Å². The minimum absolute atomic E-state index is 0.154. The highest BCUT2D eigenvalue weighted by Gasteiger charge is 2.36. The van der Waals surface area contributed by atoms with Gasteiger partial charge in [-0.15, -0.1) is 0 Å². The molecule has 4 rings (SSSR count). The van der Waals surface area contributed by atoms with E-state index < -0.39 is 0 Å². The van der Waals surface area contributed by atoms with Crippen molar-refractivity contribution in [2.75, 3.05) is 44.8 Å². The largest absolute Gasteiger partial charge is 0.497 e. The van der Waals surface area contributed by atoms with Gasteiger partial charge in [0, 0.05) is 25.3 Å². The summed E-state index contributed by atoms with van der Waals surface area (Å²) in [6.07, 6.45) is 1.18. The molecule has 0 amide bonds. The predicted molar refractivity (Wildman–Crippen MR) is 105 cm³/mol. The Bertz CT molecular complexity index is 731. The molecule has 1 fully saturated rings. The van der Waals surface area contributed by atoms with E-state index in [1.165, 1.54) is 16.8 Å². The molecule has 1 saturated heterocycles. The Hall–Kier alpha value is -2.04. The summed E-state index contributed by atoms with van der Waals surface area (Å²) in [5, 5.41) is 0. The molecule has 0 saturated carbocycles. The van der Waals surface area contributed by atoms with Gasteiger partial charge in [-0.2, -0.15) is 0 Å². The maximum Gasteiger partial charge on any atom is 0.119 e. The average molecular weight is 352 g/mol. The number of hydrogen-bond donors (Lipinski definition) is 0. The van der Waals surface area contributed by atoms with E-state index in [2.05, 4.69) is 53.1 Å². The van der Waals surface area contributed by atoms with Crippen molar-refractivity contribution >= 4 is 5.69 Å². The Kier molecular flexibility index (Phi) is 5.14. The Morgan fingerprint density at radius 2 is 1.88 bits per heavy atom. The van der Waals surface area contributed by atoms with Crippen LogP contribution in [-0.4, -0.2) is 50.8 Å². The number of anilines is 1. The monoisotopic (exact) mass is 352 g/mol. The van der Waals surface area contributed by atoms with Crippen LogP contribution in [0.4, 0.5) is 5.69 Å². The molecule has 2 aromatic carbocycles. The van der Waals surface area contributed by atoms with E-state index in [0.29, 0.717) is 6.04 Å². The molecule has 0 aromatic heterocycles. The summed E-state index contributed by atoms with van der Waals surface area (Å²) in [5.74, 6) is 0.905. The normalized spacial score (nSPS) is 23.5. The van der Waals surface area contributed by atoms with Gasteiger partial charge < -0.3 is 14.4 Å². The van der Waals surface area contributed by atoms with Crippen molar-refractivity contribution in [3.63, 3.8) is 0 Å². The van der Waals surface area contributed by atoms with Gasteiger partial charge >= 0.3 is 0 Å². The van der Waals surface area contributed by atoms with Crippen molar-refractivity contribution in [1.82, 2.24) is 4.90 Å². The number of hydrogen-bond acceptors (Lipinski definition) is 4. The molecule has 2 atom stereocenters. The number of methoxy groups -OCH3 is 1. The number of ether oxygens (including phenoxy) is 2. The highest BCUT2D eigenvalue weighted by Crippen LogP contribution is 2.34. The zero-order chi connectivity index (χ0) is 17.9. The summed E-state index contributed by atoms with van der Waals surface area (Å²) in [5.41, 5.74) is 4.08. The smallest absolute Gasteiger partial charge is 0.119 e. The van der Waals surface area contributed by atoms with E-state index in [-0.39, 0.29) is 6.10 Å². The van der Waals surface area contributed by atoms with Crippen molar-refractivity contribution in [2.45, 2.75) is 25.5 Å². The summed E-state index contributed by atoms with van der Waals surface area (Å²) < 4.78 is 11.6. The van der Waals surface area contributed by atoms with E-state index in [1.807, 2.05) is 12.1 Å². The summed E-state index contributed by atoms with van der Waals surface area (Å²) in [6, 6.07) is 17.6. The number of benzene rings is 2. The third-order valence-electron chi connectivity index (χ3n) is 5.76. The first-order chi connectivity index (χ1) is 12.8. The number of likely N-dealkylation sites (N-methyl/N-ethyl adjacent to an activating group) is 1. The number of piperazine rings is 1. The Balaban J connectivity index is 1.59. The molecule has 2 aromatic rings. The van der Waals surface area contributed by atoms with Crippen LogP contribution in [0.5, 0.6) is 5.75 Å². The zero-order valence-electron chi connectivity index (χ0n) is 15.7. The van der Waals surface area contributed by atoms with Crippen LogP contribution in [0, 0.1) is 0 Å². The first kappa shape index (κ1) is 17.4. The second-order valence-corrected chi connectivity index (χ2v) is 7.08. The highest BCUT2D eigenvalue weighted by atomic mass is 16.5. The van der Waals surface area contributed by atoms with Crippen LogP contribution in [-0.2, 0) is 11.2 Å². The van der Waals surface area contributed by atoms with Crippen LogP contribution in [0.25, 0.3) is 0 Å². The van der Waals surface area contributed by atoms with E-state index in [4.69, 9.17) is 9.47 Å². The lowest BCUT2D eigenvalue weighted by Gasteiger charge is -2.46. The van der Waals surface area contributed by atoms with Crippen LogP contribution in [0.3, 0.4) is 0 Å². The molecule has 2 aliphatic rings. The Labute approximate surface area is 156 Å². The summed E-state index contributed by atoms with van der Waals surface area (Å²) in [7, 11) is 1.71. The third kappa shape index (κ3) is 3.31. The lowest BCUT2D eigenvalue weighted by atomic mass is 9.91. The van der Waals surface area contributed by atoms with E-state index in [1.54, 1.807) is 7.11 Å². The molecule has 0 aliphatic carbocycles. The minimum Gasteiger partial charge on any atom is -0.497 e. The van der Waals surface area contributed by atoms with Gasteiger partial charge in [-0.3, -0.25) is 4.90 Å². The van der Waals surface area contributed by atoms with Crippen molar-refractivity contribution < 1.29 is 9.47 Å². The van der Waals surface area contributed by atoms with Gasteiger partial charge in [-0.25, -0.2) is 0 Å².